The number of fused-ring (bicyclic) bond motifs is 1. The molecule has 0 spiro atoms. The summed E-state index contributed by atoms with van der Waals surface area (Å²) < 4.78 is 6.68. The molecule has 0 atom stereocenters. The van der Waals surface area contributed by atoms with Gasteiger partial charge in [0.15, 0.2) is 5.65 Å². The summed E-state index contributed by atoms with van der Waals surface area (Å²) in [6, 6.07) is 1.87. The van der Waals surface area contributed by atoms with E-state index < -0.39 is 0 Å². The first-order chi connectivity index (χ1) is 10.5. The van der Waals surface area contributed by atoms with Crippen molar-refractivity contribution in [3.05, 3.63) is 23.0 Å². The van der Waals surface area contributed by atoms with Gasteiger partial charge in [-0.25, -0.2) is 4.98 Å². The van der Waals surface area contributed by atoms with E-state index in [-0.39, 0.29) is 5.91 Å². The Morgan fingerprint density at radius 3 is 2.77 bits per heavy atom. The lowest BCUT2D eigenvalue weighted by molar-refractivity contribution is 0.0953. The molecule has 0 radical (unpaired) electrons. The second-order valence-electron chi connectivity index (χ2n) is 5.20. The first-order valence-corrected chi connectivity index (χ1v) is 7.33. The molecule has 0 saturated heterocycles. The molecule has 120 valence electrons. The van der Waals surface area contributed by atoms with Gasteiger partial charge in [-0.3, -0.25) is 9.48 Å². The van der Waals surface area contributed by atoms with E-state index in [0.29, 0.717) is 31.0 Å². The highest BCUT2D eigenvalue weighted by Gasteiger charge is 2.14. The summed E-state index contributed by atoms with van der Waals surface area (Å²) in [5, 5.41) is 11.3. The van der Waals surface area contributed by atoms with Crippen LogP contribution in [0.25, 0.3) is 11.0 Å². The summed E-state index contributed by atoms with van der Waals surface area (Å²) >= 11 is 0. The van der Waals surface area contributed by atoms with Crippen molar-refractivity contribution in [3.8, 4) is 0 Å². The van der Waals surface area contributed by atoms with Crippen molar-refractivity contribution >= 4 is 16.9 Å². The number of amides is 1. The summed E-state index contributed by atoms with van der Waals surface area (Å²) in [5.74, 6) is -0.108. The SMILES string of the molecule is COCCNCCNC(=O)c1cc2c(C)nn(C)c2nc1C. The van der Waals surface area contributed by atoms with Crippen LogP contribution in [-0.2, 0) is 11.8 Å². The zero-order valence-electron chi connectivity index (χ0n) is 13.6. The maximum Gasteiger partial charge on any atom is 0.253 e. The lowest BCUT2D eigenvalue weighted by Crippen LogP contribution is -2.33. The van der Waals surface area contributed by atoms with E-state index >= 15 is 0 Å². The van der Waals surface area contributed by atoms with Crippen LogP contribution in [0.4, 0.5) is 0 Å². The summed E-state index contributed by atoms with van der Waals surface area (Å²) in [7, 11) is 3.52. The zero-order chi connectivity index (χ0) is 16.1. The number of carbonyl (C=O) groups is 1. The molecule has 0 bridgehead atoms. The third kappa shape index (κ3) is 3.61. The standard InChI is InChI=1S/C15H23N5O2/c1-10-13(15(21)17-6-5-16-7-8-22-4)9-12-11(2)19-20(3)14(12)18-10/h9,16H,5-8H2,1-4H3,(H,17,21). The van der Waals surface area contributed by atoms with Gasteiger partial charge in [-0.05, 0) is 19.9 Å². The van der Waals surface area contributed by atoms with E-state index in [1.807, 2.05) is 27.0 Å². The molecule has 7 heteroatoms. The van der Waals surface area contributed by atoms with E-state index in [4.69, 9.17) is 4.74 Å². The van der Waals surface area contributed by atoms with Crippen LogP contribution >= 0.6 is 0 Å². The molecule has 0 aromatic carbocycles. The molecule has 0 fully saturated rings. The number of methoxy groups -OCH3 is 1. The molecule has 0 aliphatic carbocycles. The Hall–Kier alpha value is -1.99. The van der Waals surface area contributed by atoms with E-state index in [2.05, 4.69) is 20.7 Å². The van der Waals surface area contributed by atoms with Crippen LogP contribution in [0.3, 0.4) is 0 Å². The fourth-order valence-electron chi connectivity index (χ4n) is 2.32. The summed E-state index contributed by atoms with van der Waals surface area (Å²) in [5.41, 5.74) is 2.98. The molecule has 2 aromatic rings. The Morgan fingerprint density at radius 1 is 1.27 bits per heavy atom. The van der Waals surface area contributed by atoms with Gasteiger partial charge < -0.3 is 15.4 Å². The minimum Gasteiger partial charge on any atom is -0.383 e. The minimum atomic E-state index is -0.108. The number of aryl methyl sites for hydroxylation is 3. The van der Waals surface area contributed by atoms with Crippen LogP contribution in [0.1, 0.15) is 21.7 Å². The highest BCUT2D eigenvalue weighted by molar-refractivity contribution is 5.98. The molecule has 7 nitrogen and oxygen atoms in total. The highest BCUT2D eigenvalue weighted by Crippen LogP contribution is 2.19. The van der Waals surface area contributed by atoms with Crippen molar-refractivity contribution in [3.63, 3.8) is 0 Å². The van der Waals surface area contributed by atoms with E-state index in [0.717, 1.165) is 23.3 Å². The molecule has 2 heterocycles. The number of rotatable bonds is 7. The number of hydrogen-bond donors (Lipinski definition) is 2. The van der Waals surface area contributed by atoms with E-state index in [1.165, 1.54) is 0 Å². The lowest BCUT2D eigenvalue weighted by atomic mass is 10.1. The average molecular weight is 305 g/mol. The van der Waals surface area contributed by atoms with Gasteiger partial charge >= 0.3 is 0 Å². The van der Waals surface area contributed by atoms with Gasteiger partial charge in [0.25, 0.3) is 5.91 Å². The number of hydrogen-bond acceptors (Lipinski definition) is 5. The number of ether oxygens (including phenoxy) is 1. The zero-order valence-corrected chi connectivity index (χ0v) is 13.6. The largest absolute Gasteiger partial charge is 0.383 e. The smallest absolute Gasteiger partial charge is 0.253 e. The summed E-state index contributed by atoms with van der Waals surface area (Å²) in [6.07, 6.45) is 0. The fourth-order valence-corrected chi connectivity index (χ4v) is 2.32. The van der Waals surface area contributed by atoms with Gasteiger partial charge in [0, 0.05) is 39.2 Å². The first-order valence-electron chi connectivity index (χ1n) is 7.33. The maximum atomic E-state index is 12.3. The van der Waals surface area contributed by atoms with Crippen molar-refractivity contribution < 1.29 is 9.53 Å². The molecule has 2 N–H and O–H groups in total. The average Bonchev–Trinajstić information content (AvgIpc) is 2.76. The van der Waals surface area contributed by atoms with Crippen LogP contribution < -0.4 is 10.6 Å². The normalized spacial score (nSPS) is 11.1. The van der Waals surface area contributed by atoms with Crippen LogP contribution in [0.5, 0.6) is 0 Å². The van der Waals surface area contributed by atoms with Gasteiger partial charge in [-0.15, -0.1) is 0 Å². The van der Waals surface area contributed by atoms with Crippen molar-refractivity contribution in [1.82, 2.24) is 25.4 Å². The fraction of sp³-hybridized carbons (Fsp3) is 0.533. The second kappa shape index (κ2) is 7.33. The quantitative estimate of drug-likeness (QED) is 0.730. The molecule has 0 saturated carbocycles. The van der Waals surface area contributed by atoms with Gasteiger partial charge in [0.05, 0.1) is 23.6 Å². The van der Waals surface area contributed by atoms with Gasteiger partial charge in [0.2, 0.25) is 0 Å². The number of nitrogens with zero attached hydrogens (tertiary/aromatic N) is 3. The summed E-state index contributed by atoms with van der Waals surface area (Å²) in [6.45, 7) is 6.46. The van der Waals surface area contributed by atoms with Crippen LogP contribution in [0, 0.1) is 13.8 Å². The monoisotopic (exact) mass is 305 g/mol. The molecule has 0 unspecified atom stereocenters. The highest BCUT2D eigenvalue weighted by atomic mass is 16.5. The van der Waals surface area contributed by atoms with Crippen LogP contribution in [-0.4, -0.2) is 54.0 Å². The Bertz CT molecular complexity index is 665. The van der Waals surface area contributed by atoms with Crippen molar-refractivity contribution in [2.24, 2.45) is 7.05 Å². The Morgan fingerprint density at radius 2 is 2.05 bits per heavy atom. The molecule has 2 rings (SSSR count). The Balaban J connectivity index is 2.02. The minimum absolute atomic E-state index is 0.108. The number of aromatic nitrogens is 3. The molecule has 0 aliphatic heterocycles. The number of nitrogens with one attached hydrogen (secondary N) is 2. The van der Waals surface area contributed by atoms with Crippen LogP contribution in [0.2, 0.25) is 0 Å². The molecule has 1 amide bonds. The first kappa shape index (κ1) is 16.4. The van der Waals surface area contributed by atoms with Gasteiger partial charge in [-0.2, -0.15) is 5.10 Å². The van der Waals surface area contributed by atoms with Crippen molar-refractivity contribution in [2.45, 2.75) is 13.8 Å². The second-order valence-corrected chi connectivity index (χ2v) is 5.20. The third-order valence-corrected chi connectivity index (χ3v) is 3.50. The third-order valence-electron chi connectivity index (χ3n) is 3.50. The van der Waals surface area contributed by atoms with Crippen molar-refractivity contribution in [1.29, 1.82) is 0 Å². The predicted molar refractivity (Wildman–Crippen MR) is 85.1 cm³/mol. The lowest BCUT2D eigenvalue weighted by Gasteiger charge is -2.08. The Kier molecular flexibility index (Phi) is 5.46. The maximum absolute atomic E-state index is 12.3. The van der Waals surface area contributed by atoms with Gasteiger partial charge in [0.1, 0.15) is 0 Å². The molecule has 2 aromatic heterocycles. The molecule has 22 heavy (non-hydrogen) atoms. The van der Waals surface area contributed by atoms with E-state index in [9.17, 15) is 4.79 Å². The molecular formula is C15H23N5O2. The summed E-state index contributed by atoms with van der Waals surface area (Å²) in [4.78, 5) is 16.8. The Labute approximate surface area is 130 Å². The molecular weight excluding hydrogens is 282 g/mol. The topological polar surface area (TPSA) is 81.1 Å². The van der Waals surface area contributed by atoms with E-state index in [1.54, 1.807) is 11.8 Å². The van der Waals surface area contributed by atoms with Crippen LogP contribution in [0.15, 0.2) is 6.07 Å². The van der Waals surface area contributed by atoms with Crippen molar-refractivity contribution in [2.75, 3.05) is 33.4 Å². The number of carbonyl (C=O) groups excluding carboxylic acids is 1. The molecule has 0 aliphatic rings. The van der Waals surface area contributed by atoms with Gasteiger partial charge in [-0.1, -0.05) is 0 Å². The predicted octanol–water partition coefficient (Wildman–Crippen LogP) is 0.551. The number of pyridine rings is 1.